The van der Waals surface area contributed by atoms with Crippen LogP contribution in [-0.4, -0.2) is 58.5 Å². The molecule has 118 valence electrons. The van der Waals surface area contributed by atoms with Gasteiger partial charge in [-0.2, -0.15) is 0 Å². The fourth-order valence-corrected chi connectivity index (χ4v) is 3.97. The van der Waals surface area contributed by atoms with Gasteiger partial charge in [0.05, 0.1) is 12.0 Å². The number of carbonyl (C=O) groups is 2. The van der Waals surface area contributed by atoms with Crippen LogP contribution in [0, 0.1) is 11.8 Å². The Balaban J connectivity index is 1.59. The van der Waals surface area contributed by atoms with Crippen molar-refractivity contribution in [2.24, 2.45) is 11.8 Å². The Kier molecular flexibility index (Phi) is 4.20. The third kappa shape index (κ3) is 2.93. The molecular weight excluding hydrogens is 268 g/mol. The van der Waals surface area contributed by atoms with Crippen LogP contribution in [0.1, 0.15) is 45.4 Å². The molecule has 5 nitrogen and oxygen atoms in total. The maximum atomic E-state index is 12.6. The second kappa shape index (κ2) is 5.95. The predicted molar refractivity (Wildman–Crippen MR) is 78.4 cm³/mol. The quantitative estimate of drug-likeness (QED) is 0.827. The predicted octanol–water partition coefficient (Wildman–Crippen LogP) is 1.01. The molecule has 2 amide bonds. The minimum atomic E-state index is -0.425. The highest BCUT2D eigenvalue weighted by Crippen LogP contribution is 2.30. The topological polar surface area (TPSA) is 60.9 Å². The van der Waals surface area contributed by atoms with Gasteiger partial charge in [-0.05, 0) is 25.2 Å². The number of carbonyl (C=O) groups excluding carboxylic acids is 2. The fourth-order valence-electron chi connectivity index (χ4n) is 3.97. The molecule has 0 radical (unpaired) electrons. The highest BCUT2D eigenvalue weighted by Gasteiger charge is 2.41. The Hall–Kier alpha value is -1.10. The molecule has 3 atom stereocenters. The second-order valence-electron chi connectivity index (χ2n) is 7.00. The highest BCUT2D eigenvalue weighted by atomic mass is 16.3. The molecule has 0 aromatic carbocycles. The van der Waals surface area contributed by atoms with E-state index < -0.39 is 6.10 Å². The zero-order valence-electron chi connectivity index (χ0n) is 12.8. The van der Waals surface area contributed by atoms with Gasteiger partial charge in [-0.25, -0.2) is 0 Å². The molecule has 3 rings (SSSR count). The van der Waals surface area contributed by atoms with E-state index >= 15 is 0 Å². The Bertz CT molecular complexity index is 420. The minimum Gasteiger partial charge on any atom is -0.391 e. The van der Waals surface area contributed by atoms with E-state index in [1.165, 1.54) is 12.8 Å². The van der Waals surface area contributed by atoms with Crippen molar-refractivity contribution in [2.45, 2.75) is 57.6 Å². The van der Waals surface area contributed by atoms with Gasteiger partial charge < -0.3 is 14.9 Å². The second-order valence-corrected chi connectivity index (χ2v) is 7.00. The van der Waals surface area contributed by atoms with Crippen molar-refractivity contribution in [3.63, 3.8) is 0 Å². The van der Waals surface area contributed by atoms with Gasteiger partial charge in [-0.1, -0.05) is 19.8 Å². The first-order chi connectivity index (χ1) is 10.1. The van der Waals surface area contributed by atoms with Crippen molar-refractivity contribution in [1.29, 1.82) is 0 Å². The van der Waals surface area contributed by atoms with Gasteiger partial charge in [0.25, 0.3) is 0 Å². The lowest BCUT2D eigenvalue weighted by Crippen LogP contribution is -2.48. The number of nitrogens with zero attached hydrogens (tertiary/aromatic N) is 2. The first-order valence-electron chi connectivity index (χ1n) is 8.32. The SMILES string of the molecule is CC1CCN(C(=O)C2CC(=O)N(C3CCCC3)C2)CC1O. The van der Waals surface area contributed by atoms with Crippen LogP contribution in [0.5, 0.6) is 0 Å². The summed E-state index contributed by atoms with van der Waals surface area (Å²) in [5.41, 5.74) is 0. The summed E-state index contributed by atoms with van der Waals surface area (Å²) in [5, 5.41) is 9.95. The number of rotatable bonds is 2. The van der Waals surface area contributed by atoms with Gasteiger partial charge >= 0.3 is 0 Å². The molecule has 21 heavy (non-hydrogen) atoms. The van der Waals surface area contributed by atoms with Crippen molar-refractivity contribution >= 4 is 11.8 Å². The van der Waals surface area contributed by atoms with E-state index in [1.807, 2.05) is 11.8 Å². The Morgan fingerprint density at radius 1 is 1.19 bits per heavy atom. The van der Waals surface area contributed by atoms with Crippen LogP contribution in [0.25, 0.3) is 0 Å². The summed E-state index contributed by atoms with van der Waals surface area (Å²) < 4.78 is 0. The Labute approximate surface area is 126 Å². The van der Waals surface area contributed by atoms with Gasteiger partial charge in [0.2, 0.25) is 11.8 Å². The standard InChI is InChI=1S/C16H26N2O3/c1-11-6-7-17(10-14(11)19)16(21)12-8-15(20)18(9-12)13-4-2-3-5-13/h11-14,19H,2-10H2,1H3. The van der Waals surface area contributed by atoms with Crippen LogP contribution in [0.15, 0.2) is 0 Å². The van der Waals surface area contributed by atoms with Gasteiger partial charge in [-0.15, -0.1) is 0 Å². The summed E-state index contributed by atoms with van der Waals surface area (Å²) in [7, 11) is 0. The van der Waals surface area contributed by atoms with Crippen molar-refractivity contribution in [3.05, 3.63) is 0 Å². The molecule has 1 aliphatic carbocycles. The zero-order valence-corrected chi connectivity index (χ0v) is 12.8. The van der Waals surface area contributed by atoms with Crippen LogP contribution in [0.2, 0.25) is 0 Å². The van der Waals surface area contributed by atoms with E-state index in [0.29, 0.717) is 32.1 Å². The maximum absolute atomic E-state index is 12.6. The van der Waals surface area contributed by atoms with Crippen LogP contribution >= 0.6 is 0 Å². The van der Waals surface area contributed by atoms with Crippen LogP contribution in [0.4, 0.5) is 0 Å². The molecular formula is C16H26N2O3. The van der Waals surface area contributed by atoms with Crippen LogP contribution < -0.4 is 0 Å². The maximum Gasteiger partial charge on any atom is 0.228 e. The van der Waals surface area contributed by atoms with Gasteiger partial charge in [0.15, 0.2) is 0 Å². The number of β-amino-alcohol motifs (C(OH)–C–C–N with tert-alkyl or cyclic N) is 1. The fraction of sp³-hybridized carbons (Fsp3) is 0.875. The van der Waals surface area contributed by atoms with Crippen LogP contribution in [0.3, 0.4) is 0 Å². The third-order valence-electron chi connectivity index (χ3n) is 5.50. The molecule has 2 heterocycles. The number of likely N-dealkylation sites (tertiary alicyclic amines) is 2. The van der Waals surface area contributed by atoms with Crippen molar-refractivity contribution in [3.8, 4) is 0 Å². The lowest BCUT2D eigenvalue weighted by atomic mass is 9.94. The molecule has 5 heteroatoms. The number of hydrogen-bond donors (Lipinski definition) is 1. The normalized spacial score (nSPS) is 34.8. The Morgan fingerprint density at radius 2 is 1.90 bits per heavy atom. The summed E-state index contributed by atoms with van der Waals surface area (Å²) in [6.07, 6.45) is 5.36. The highest BCUT2D eigenvalue weighted by molar-refractivity contribution is 5.89. The average molecular weight is 294 g/mol. The van der Waals surface area contributed by atoms with E-state index in [2.05, 4.69) is 0 Å². The molecule has 2 saturated heterocycles. The minimum absolute atomic E-state index is 0.0646. The summed E-state index contributed by atoms with van der Waals surface area (Å²) in [5.74, 6) is 0.272. The smallest absolute Gasteiger partial charge is 0.228 e. The van der Waals surface area contributed by atoms with Crippen molar-refractivity contribution < 1.29 is 14.7 Å². The molecule has 0 bridgehead atoms. The Morgan fingerprint density at radius 3 is 2.57 bits per heavy atom. The van der Waals surface area contributed by atoms with E-state index in [-0.39, 0.29) is 23.7 Å². The number of aliphatic hydroxyl groups excluding tert-OH is 1. The molecule has 3 fully saturated rings. The third-order valence-corrected chi connectivity index (χ3v) is 5.50. The molecule has 2 aliphatic heterocycles. The van der Waals surface area contributed by atoms with Gasteiger partial charge in [0, 0.05) is 32.1 Å². The van der Waals surface area contributed by atoms with Crippen molar-refractivity contribution in [1.82, 2.24) is 9.80 Å². The van der Waals surface area contributed by atoms with E-state index in [9.17, 15) is 14.7 Å². The van der Waals surface area contributed by atoms with Gasteiger partial charge in [-0.3, -0.25) is 9.59 Å². The molecule has 3 unspecified atom stereocenters. The summed E-state index contributed by atoms with van der Waals surface area (Å²) >= 11 is 0. The molecule has 0 spiro atoms. The van der Waals surface area contributed by atoms with E-state index in [4.69, 9.17) is 0 Å². The summed E-state index contributed by atoms with van der Waals surface area (Å²) in [4.78, 5) is 28.5. The van der Waals surface area contributed by atoms with E-state index in [0.717, 1.165) is 19.3 Å². The first-order valence-corrected chi connectivity index (χ1v) is 8.32. The summed E-state index contributed by atoms with van der Waals surface area (Å²) in [6.45, 7) is 3.75. The molecule has 0 aromatic rings. The monoisotopic (exact) mass is 294 g/mol. The van der Waals surface area contributed by atoms with E-state index in [1.54, 1.807) is 4.90 Å². The van der Waals surface area contributed by atoms with Crippen molar-refractivity contribution in [2.75, 3.05) is 19.6 Å². The number of amides is 2. The molecule has 1 saturated carbocycles. The van der Waals surface area contributed by atoms with Crippen LogP contribution in [-0.2, 0) is 9.59 Å². The largest absolute Gasteiger partial charge is 0.391 e. The summed E-state index contributed by atoms with van der Waals surface area (Å²) in [6, 6.07) is 0.363. The average Bonchev–Trinajstić information content (AvgIpc) is 3.10. The molecule has 0 aromatic heterocycles. The lowest BCUT2D eigenvalue weighted by Gasteiger charge is -2.35. The molecule has 3 aliphatic rings. The number of hydrogen-bond acceptors (Lipinski definition) is 3. The molecule has 1 N–H and O–H groups in total. The first kappa shape index (κ1) is 14.8. The van der Waals surface area contributed by atoms with Gasteiger partial charge in [0.1, 0.15) is 0 Å². The zero-order chi connectivity index (χ0) is 15.0. The lowest BCUT2D eigenvalue weighted by molar-refractivity contribution is -0.139. The number of piperidine rings is 1. The number of aliphatic hydroxyl groups is 1.